The van der Waals surface area contributed by atoms with Gasteiger partial charge in [-0.15, -0.1) is 11.3 Å². The van der Waals surface area contributed by atoms with Crippen LogP contribution in [0, 0.1) is 23.2 Å². The molecule has 1 aromatic heterocycles. The maximum absolute atomic E-state index is 15.1. The van der Waals surface area contributed by atoms with E-state index in [4.69, 9.17) is 9.47 Å². The number of carbonyl (C=O) groups is 3. The zero-order valence-corrected chi connectivity index (χ0v) is 32.7. The molecule has 282 valence electrons. The third kappa shape index (κ3) is 5.93. The normalized spacial score (nSPS) is 35.6. The van der Waals surface area contributed by atoms with Crippen molar-refractivity contribution >= 4 is 29.0 Å². The van der Waals surface area contributed by atoms with Crippen LogP contribution in [0.3, 0.4) is 0 Å². The van der Waals surface area contributed by atoms with Crippen LogP contribution in [-0.4, -0.2) is 75.9 Å². The summed E-state index contributed by atoms with van der Waals surface area (Å²) in [5.41, 5.74) is -1.10. The highest BCUT2D eigenvalue weighted by atomic mass is 32.1. The number of nitrogens with zero attached hydrogens (tertiary/aromatic N) is 1. The number of ether oxygens (including phenoxy) is 2. The molecule has 0 radical (unpaired) electrons. The largest absolute Gasteiger partial charge is 0.448 e. The summed E-state index contributed by atoms with van der Waals surface area (Å²) in [5.74, 6) is -0.745. The molecule has 52 heavy (non-hydrogen) atoms. The zero-order chi connectivity index (χ0) is 37.3. The Bertz CT molecular complexity index is 1770. The summed E-state index contributed by atoms with van der Waals surface area (Å²) in [6, 6.07) is 9.94. The highest BCUT2D eigenvalue weighted by molar-refractivity contribution is 7.14. The van der Waals surface area contributed by atoms with Gasteiger partial charge in [-0.3, -0.25) is 14.4 Å². The number of benzene rings is 1. The number of thiophene rings is 1. The molecule has 1 amide bonds. The molecule has 2 saturated carbocycles. The summed E-state index contributed by atoms with van der Waals surface area (Å²) in [7, 11) is 0. The van der Waals surface area contributed by atoms with E-state index in [-0.39, 0.29) is 36.2 Å². The van der Waals surface area contributed by atoms with E-state index < -0.39 is 33.6 Å². The first-order chi connectivity index (χ1) is 24.5. The van der Waals surface area contributed by atoms with Gasteiger partial charge in [0.2, 0.25) is 5.78 Å². The first-order valence-electron chi connectivity index (χ1n) is 19.5. The van der Waals surface area contributed by atoms with Gasteiger partial charge in [0.15, 0.2) is 5.60 Å². The lowest BCUT2D eigenvalue weighted by Gasteiger charge is -2.48. The molecular weight excluding hydrogens is 675 g/mol. The van der Waals surface area contributed by atoms with E-state index in [1.807, 2.05) is 52.0 Å². The van der Waals surface area contributed by atoms with Crippen molar-refractivity contribution < 1.29 is 34.1 Å². The van der Waals surface area contributed by atoms with Crippen LogP contribution >= 0.6 is 11.3 Å². The van der Waals surface area contributed by atoms with Crippen molar-refractivity contribution in [2.75, 3.05) is 19.7 Å². The van der Waals surface area contributed by atoms with Crippen LogP contribution in [0.4, 0.5) is 0 Å². The minimum Gasteiger partial charge on any atom is -0.448 e. The summed E-state index contributed by atoms with van der Waals surface area (Å²) >= 11 is 1.48. The van der Waals surface area contributed by atoms with Crippen molar-refractivity contribution in [2.45, 2.75) is 141 Å². The van der Waals surface area contributed by atoms with Crippen LogP contribution < -0.4 is 0 Å². The Hall–Kier alpha value is -2.85. The lowest BCUT2D eigenvalue weighted by Crippen LogP contribution is -2.61. The van der Waals surface area contributed by atoms with Crippen molar-refractivity contribution in [1.82, 2.24) is 4.90 Å². The lowest BCUT2D eigenvalue weighted by atomic mass is 9.64. The van der Waals surface area contributed by atoms with Crippen molar-refractivity contribution in [2.24, 2.45) is 16.2 Å². The third-order valence-electron chi connectivity index (χ3n) is 14.5. The maximum Gasteiger partial charge on any atom is 0.313 e. The second-order valence-corrected chi connectivity index (χ2v) is 19.0. The fourth-order valence-corrected chi connectivity index (χ4v) is 11.3. The number of aryl methyl sites for hydroxylation is 1. The molecule has 0 spiro atoms. The van der Waals surface area contributed by atoms with Crippen LogP contribution in [0.1, 0.15) is 136 Å². The molecule has 2 N–H and O–H groups in total. The SMILES string of the molecule is CC1=CCC[C@@]2(C)[C@@H](CC[C@@]2(O)CN(C[C@H]2CCCO2)C(=O)[C@@]23CC[C@@](C)(C(=O)O2)C3(C)C)c2ccc(cc2C(=O)c2ccc(C)s2)C[C@@H](O)CC1. The van der Waals surface area contributed by atoms with Gasteiger partial charge in [-0.2, -0.15) is 0 Å². The molecule has 1 aromatic carbocycles. The minimum atomic E-state index is -1.30. The number of allylic oxidation sites excluding steroid dienone is 2. The van der Waals surface area contributed by atoms with E-state index in [1.54, 1.807) is 4.90 Å². The van der Waals surface area contributed by atoms with E-state index in [0.29, 0.717) is 68.5 Å². The average molecular weight is 732 g/mol. The molecule has 7 atom stereocenters. The zero-order valence-electron chi connectivity index (χ0n) is 31.9. The molecule has 6 aliphatic rings. The molecule has 2 aromatic rings. The number of fused-ring (bicyclic) bond motifs is 10. The number of carbonyl (C=O) groups excluding carboxylic acids is 3. The van der Waals surface area contributed by atoms with Gasteiger partial charge >= 0.3 is 5.97 Å². The monoisotopic (exact) mass is 731 g/mol. The van der Waals surface area contributed by atoms with Gasteiger partial charge in [-0.05, 0) is 127 Å². The Balaban J connectivity index is 1.30. The summed E-state index contributed by atoms with van der Waals surface area (Å²) in [6.45, 7) is 13.2. The van der Waals surface area contributed by atoms with Gasteiger partial charge in [0.1, 0.15) is 0 Å². The maximum atomic E-state index is 15.1. The van der Waals surface area contributed by atoms with E-state index in [9.17, 15) is 19.8 Å². The molecule has 4 fully saturated rings. The number of esters is 1. The number of hydrogen-bond donors (Lipinski definition) is 2. The molecule has 2 aliphatic heterocycles. The number of aliphatic hydroxyl groups is 2. The van der Waals surface area contributed by atoms with Crippen LogP contribution in [0.2, 0.25) is 0 Å². The topological polar surface area (TPSA) is 113 Å². The van der Waals surface area contributed by atoms with Gasteiger partial charge < -0.3 is 24.6 Å². The van der Waals surface area contributed by atoms with Crippen LogP contribution in [-0.2, 0) is 25.5 Å². The van der Waals surface area contributed by atoms with Crippen molar-refractivity contribution in [3.8, 4) is 0 Å². The van der Waals surface area contributed by atoms with Crippen molar-refractivity contribution in [3.05, 3.63) is 68.4 Å². The quantitative estimate of drug-likeness (QED) is 0.173. The Morgan fingerprint density at radius 3 is 2.44 bits per heavy atom. The number of rotatable bonds is 7. The number of hydrogen-bond acceptors (Lipinski definition) is 8. The van der Waals surface area contributed by atoms with E-state index >= 15 is 4.79 Å². The van der Waals surface area contributed by atoms with E-state index in [0.717, 1.165) is 41.7 Å². The summed E-state index contributed by atoms with van der Waals surface area (Å²) in [4.78, 5) is 46.2. The predicted molar refractivity (Wildman–Crippen MR) is 201 cm³/mol. The Morgan fingerprint density at radius 2 is 1.79 bits per heavy atom. The average Bonchev–Trinajstić information content (AvgIpc) is 3.89. The van der Waals surface area contributed by atoms with Gasteiger partial charge in [0.05, 0.1) is 34.6 Å². The summed E-state index contributed by atoms with van der Waals surface area (Å²) in [5, 5.41) is 24.2. The smallest absolute Gasteiger partial charge is 0.313 e. The number of amides is 1. The predicted octanol–water partition coefficient (Wildman–Crippen LogP) is 7.46. The van der Waals surface area contributed by atoms with Gasteiger partial charge in [0, 0.05) is 34.4 Å². The first kappa shape index (κ1) is 37.5. The molecule has 8 nitrogen and oxygen atoms in total. The molecular formula is C43H57NO7S. The van der Waals surface area contributed by atoms with E-state index in [1.165, 1.54) is 16.9 Å². The van der Waals surface area contributed by atoms with Crippen LogP contribution in [0.25, 0.3) is 0 Å². The molecule has 2 saturated heterocycles. The van der Waals surface area contributed by atoms with Gasteiger partial charge in [0.25, 0.3) is 5.91 Å². The second kappa shape index (κ2) is 13.5. The molecule has 4 aliphatic carbocycles. The Labute approximate surface area is 313 Å². The highest BCUT2D eigenvalue weighted by Crippen LogP contribution is 2.66. The fraction of sp³-hybridized carbons (Fsp3) is 0.651. The Morgan fingerprint density at radius 1 is 1.00 bits per heavy atom. The van der Waals surface area contributed by atoms with Gasteiger partial charge in [-0.1, -0.05) is 44.6 Å². The lowest BCUT2D eigenvalue weighted by molar-refractivity contribution is -0.178. The van der Waals surface area contributed by atoms with Gasteiger partial charge in [-0.25, -0.2) is 0 Å². The Kier molecular flexibility index (Phi) is 9.70. The minimum absolute atomic E-state index is 0.0334. The molecule has 4 bridgehead atoms. The second-order valence-electron chi connectivity index (χ2n) is 17.7. The summed E-state index contributed by atoms with van der Waals surface area (Å²) in [6.07, 6.45) is 8.67. The molecule has 8 rings (SSSR count). The number of ketones is 1. The molecule has 3 heterocycles. The van der Waals surface area contributed by atoms with Crippen LogP contribution in [0.15, 0.2) is 42.0 Å². The van der Waals surface area contributed by atoms with Crippen LogP contribution in [0.5, 0.6) is 0 Å². The first-order valence-corrected chi connectivity index (χ1v) is 20.3. The van der Waals surface area contributed by atoms with E-state index in [2.05, 4.69) is 26.0 Å². The summed E-state index contributed by atoms with van der Waals surface area (Å²) < 4.78 is 12.2. The highest BCUT2D eigenvalue weighted by Gasteiger charge is 2.76. The number of aliphatic hydroxyl groups excluding tert-OH is 1. The molecule has 0 unspecified atom stereocenters. The van der Waals surface area contributed by atoms with Crippen molar-refractivity contribution in [1.29, 1.82) is 0 Å². The van der Waals surface area contributed by atoms with Crippen molar-refractivity contribution in [3.63, 3.8) is 0 Å². The standard InChI is InChI=1S/C43H57NO7S/c1-27-9-7-18-40(5)34(32-15-13-29(23-30(45)14-11-27)24-33(32)36(46)35-16-12-28(2)52-35)17-19-42(40,49)26-44(25-31-10-8-22-50-31)37(47)43-21-20-41(6,38(48)51-43)39(43,3)4/h9,12-13,15-16,24,30-31,34,45,49H,7-8,10-11,14,17-23,25-26H2,1-6H3/t30-,31+,34-,40-,41-,42+,43+/m0/s1. The molecule has 9 heteroatoms. The fourth-order valence-electron chi connectivity index (χ4n) is 10.4. The third-order valence-corrected chi connectivity index (χ3v) is 15.5.